The second kappa shape index (κ2) is 9.07. The van der Waals surface area contributed by atoms with Gasteiger partial charge in [0.15, 0.2) is 0 Å². The topological polar surface area (TPSA) is 87.1 Å². The Morgan fingerprint density at radius 1 is 1.00 bits per heavy atom. The molecule has 1 amide bonds. The number of hydrogen-bond acceptors (Lipinski definition) is 7. The molecule has 2 aromatic rings. The van der Waals surface area contributed by atoms with Gasteiger partial charge in [-0.15, -0.1) is 0 Å². The average molecular weight is 355 g/mol. The van der Waals surface area contributed by atoms with Crippen molar-refractivity contribution < 1.29 is 4.79 Å². The summed E-state index contributed by atoms with van der Waals surface area (Å²) in [6, 6.07) is 1.82. The molecule has 0 unspecified atom stereocenters. The van der Waals surface area contributed by atoms with Crippen molar-refractivity contribution in [3.05, 3.63) is 36.5 Å². The predicted octanol–water partition coefficient (Wildman–Crippen LogP) is 1.51. The van der Waals surface area contributed by atoms with Crippen molar-refractivity contribution >= 4 is 17.7 Å². The zero-order chi connectivity index (χ0) is 18.2. The molecule has 8 heteroatoms. The fourth-order valence-corrected chi connectivity index (χ4v) is 2.86. The Balaban J connectivity index is 1.51. The minimum Gasteiger partial charge on any atom is -0.352 e. The number of piperazine rings is 1. The quantitative estimate of drug-likeness (QED) is 0.753. The first-order valence-corrected chi connectivity index (χ1v) is 9.15. The Kier molecular flexibility index (Phi) is 6.29. The van der Waals surface area contributed by atoms with Crippen molar-refractivity contribution in [3.8, 4) is 0 Å². The van der Waals surface area contributed by atoms with Crippen molar-refractivity contribution in [1.29, 1.82) is 0 Å². The van der Waals surface area contributed by atoms with Gasteiger partial charge in [0, 0.05) is 45.1 Å². The SMILES string of the molecule is CCCCCNC(=O)c1cnc(N2CCN(c3ncccn3)CC2)cn1. The molecule has 26 heavy (non-hydrogen) atoms. The summed E-state index contributed by atoms with van der Waals surface area (Å²) in [7, 11) is 0. The van der Waals surface area contributed by atoms with E-state index in [1.54, 1.807) is 24.8 Å². The van der Waals surface area contributed by atoms with E-state index in [0.717, 1.165) is 57.2 Å². The molecule has 0 bridgehead atoms. The summed E-state index contributed by atoms with van der Waals surface area (Å²) in [5, 5.41) is 2.88. The van der Waals surface area contributed by atoms with E-state index in [0.29, 0.717) is 12.2 Å². The number of nitrogens with one attached hydrogen (secondary N) is 1. The average Bonchev–Trinajstić information content (AvgIpc) is 2.72. The van der Waals surface area contributed by atoms with Crippen LogP contribution in [0.1, 0.15) is 36.7 Å². The number of nitrogens with zero attached hydrogens (tertiary/aromatic N) is 6. The largest absolute Gasteiger partial charge is 0.352 e. The molecule has 2 aromatic heterocycles. The van der Waals surface area contributed by atoms with E-state index >= 15 is 0 Å². The lowest BCUT2D eigenvalue weighted by molar-refractivity contribution is 0.0947. The summed E-state index contributed by atoms with van der Waals surface area (Å²) in [5.41, 5.74) is 0.363. The molecule has 1 N–H and O–H groups in total. The summed E-state index contributed by atoms with van der Waals surface area (Å²) in [4.78, 5) is 33.6. The van der Waals surface area contributed by atoms with Gasteiger partial charge >= 0.3 is 0 Å². The molecule has 3 heterocycles. The summed E-state index contributed by atoms with van der Waals surface area (Å²) in [5.74, 6) is 1.39. The number of amides is 1. The van der Waals surface area contributed by atoms with Gasteiger partial charge in [0.25, 0.3) is 5.91 Å². The molecule has 3 rings (SSSR count). The van der Waals surface area contributed by atoms with Crippen LogP contribution < -0.4 is 15.1 Å². The van der Waals surface area contributed by atoms with Gasteiger partial charge in [-0.1, -0.05) is 19.8 Å². The second-order valence-electron chi connectivity index (χ2n) is 6.25. The molecule has 0 aliphatic carbocycles. The smallest absolute Gasteiger partial charge is 0.271 e. The highest BCUT2D eigenvalue weighted by Gasteiger charge is 2.20. The number of anilines is 2. The Labute approximate surface area is 153 Å². The van der Waals surface area contributed by atoms with E-state index in [1.807, 2.05) is 6.07 Å². The first-order valence-electron chi connectivity index (χ1n) is 9.15. The number of aromatic nitrogens is 4. The van der Waals surface area contributed by atoms with E-state index in [2.05, 4.69) is 42.0 Å². The van der Waals surface area contributed by atoms with Gasteiger partial charge in [-0.05, 0) is 12.5 Å². The van der Waals surface area contributed by atoms with Crippen LogP contribution in [0.3, 0.4) is 0 Å². The van der Waals surface area contributed by atoms with Crippen LogP contribution in [0.5, 0.6) is 0 Å². The maximum atomic E-state index is 12.0. The summed E-state index contributed by atoms with van der Waals surface area (Å²) in [6.45, 7) is 6.10. The molecule has 1 saturated heterocycles. The molecule has 0 radical (unpaired) electrons. The molecular weight excluding hydrogens is 330 g/mol. The van der Waals surface area contributed by atoms with Crippen LogP contribution in [-0.2, 0) is 0 Å². The number of rotatable bonds is 7. The van der Waals surface area contributed by atoms with Crippen LogP contribution in [0, 0.1) is 0 Å². The molecule has 0 aromatic carbocycles. The maximum absolute atomic E-state index is 12.0. The van der Waals surface area contributed by atoms with Crippen LogP contribution in [0.4, 0.5) is 11.8 Å². The van der Waals surface area contributed by atoms with Crippen molar-refractivity contribution in [2.45, 2.75) is 26.2 Å². The lowest BCUT2D eigenvalue weighted by atomic mass is 10.2. The van der Waals surface area contributed by atoms with Gasteiger partial charge in [-0.2, -0.15) is 0 Å². The van der Waals surface area contributed by atoms with E-state index in [-0.39, 0.29) is 5.91 Å². The second-order valence-corrected chi connectivity index (χ2v) is 6.25. The molecule has 0 saturated carbocycles. The Morgan fingerprint density at radius 2 is 1.73 bits per heavy atom. The fraction of sp³-hybridized carbons (Fsp3) is 0.500. The summed E-state index contributed by atoms with van der Waals surface area (Å²) >= 11 is 0. The molecule has 8 nitrogen and oxygen atoms in total. The van der Waals surface area contributed by atoms with Gasteiger partial charge in [0.2, 0.25) is 5.95 Å². The first kappa shape index (κ1) is 18.0. The lowest BCUT2D eigenvalue weighted by Gasteiger charge is -2.35. The van der Waals surface area contributed by atoms with E-state index < -0.39 is 0 Å². The van der Waals surface area contributed by atoms with Crippen molar-refractivity contribution in [2.75, 3.05) is 42.5 Å². The number of carbonyl (C=O) groups excluding carboxylic acids is 1. The van der Waals surface area contributed by atoms with Crippen LogP contribution in [-0.4, -0.2) is 58.6 Å². The molecule has 138 valence electrons. The molecular formula is C18H25N7O. The van der Waals surface area contributed by atoms with Gasteiger partial charge in [-0.25, -0.2) is 19.9 Å². The number of carbonyl (C=O) groups is 1. The summed E-state index contributed by atoms with van der Waals surface area (Å²) < 4.78 is 0. The van der Waals surface area contributed by atoms with E-state index in [1.165, 1.54) is 0 Å². The third kappa shape index (κ3) is 4.65. The van der Waals surface area contributed by atoms with Crippen LogP contribution in [0.15, 0.2) is 30.9 Å². The summed E-state index contributed by atoms with van der Waals surface area (Å²) in [6.07, 6.45) is 9.98. The Morgan fingerprint density at radius 3 is 2.38 bits per heavy atom. The normalized spacial score (nSPS) is 14.3. The third-order valence-electron chi connectivity index (χ3n) is 4.38. The van der Waals surface area contributed by atoms with Gasteiger partial charge in [0.05, 0.1) is 12.4 Å². The highest BCUT2D eigenvalue weighted by molar-refractivity contribution is 5.91. The van der Waals surface area contributed by atoms with Gasteiger partial charge in [-0.3, -0.25) is 4.79 Å². The standard InChI is InChI=1S/C18H25N7O/c1-2-3-4-6-19-17(26)15-13-23-16(14-22-15)24-9-11-25(12-10-24)18-20-7-5-8-21-18/h5,7-8,13-14H,2-4,6,9-12H2,1H3,(H,19,26). The van der Waals surface area contributed by atoms with Gasteiger partial charge in [0.1, 0.15) is 11.5 Å². The van der Waals surface area contributed by atoms with Crippen molar-refractivity contribution in [3.63, 3.8) is 0 Å². The van der Waals surface area contributed by atoms with Crippen LogP contribution >= 0.6 is 0 Å². The lowest BCUT2D eigenvalue weighted by Crippen LogP contribution is -2.47. The molecule has 1 aliphatic rings. The molecule has 0 atom stereocenters. The van der Waals surface area contributed by atoms with Crippen LogP contribution in [0.25, 0.3) is 0 Å². The number of unbranched alkanes of at least 4 members (excludes halogenated alkanes) is 2. The minimum atomic E-state index is -0.161. The maximum Gasteiger partial charge on any atom is 0.271 e. The predicted molar refractivity (Wildman–Crippen MR) is 100 cm³/mol. The van der Waals surface area contributed by atoms with E-state index in [4.69, 9.17) is 0 Å². The highest BCUT2D eigenvalue weighted by atomic mass is 16.1. The van der Waals surface area contributed by atoms with Crippen molar-refractivity contribution in [1.82, 2.24) is 25.3 Å². The number of hydrogen-bond donors (Lipinski definition) is 1. The molecule has 1 aliphatic heterocycles. The zero-order valence-electron chi connectivity index (χ0n) is 15.1. The first-order chi connectivity index (χ1) is 12.8. The zero-order valence-corrected chi connectivity index (χ0v) is 15.1. The molecule has 1 fully saturated rings. The third-order valence-corrected chi connectivity index (χ3v) is 4.38. The monoisotopic (exact) mass is 355 g/mol. The fourth-order valence-electron chi connectivity index (χ4n) is 2.86. The Bertz CT molecular complexity index is 684. The van der Waals surface area contributed by atoms with Gasteiger partial charge < -0.3 is 15.1 Å². The highest BCUT2D eigenvalue weighted by Crippen LogP contribution is 2.15. The minimum absolute atomic E-state index is 0.161. The molecule has 0 spiro atoms. The van der Waals surface area contributed by atoms with E-state index in [9.17, 15) is 4.79 Å². The Hall–Kier alpha value is -2.77. The van der Waals surface area contributed by atoms with Crippen molar-refractivity contribution in [2.24, 2.45) is 0 Å². The van der Waals surface area contributed by atoms with Crippen LogP contribution in [0.2, 0.25) is 0 Å².